The minimum Gasteiger partial charge on any atom is -0.378 e. The Labute approximate surface area is 130 Å². The molecule has 0 aliphatic heterocycles. The highest BCUT2D eigenvalue weighted by molar-refractivity contribution is 14.1. The Hall–Kier alpha value is -1.73. The molecule has 4 nitrogen and oxygen atoms in total. The van der Waals surface area contributed by atoms with Crippen LogP contribution in [0.5, 0.6) is 0 Å². The lowest BCUT2D eigenvalue weighted by molar-refractivity contribution is -0.129. The monoisotopic (exact) mass is 380 g/mol. The van der Waals surface area contributed by atoms with Crippen LogP contribution in [0.1, 0.15) is 17.2 Å². The second kappa shape index (κ2) is 7.16. The summed E-state index contributed by atoms with van der Waals surface area (Å²) in [6, 6.07) is 16.4. The fourth-order valence-electron chi connectivity index (χ4n) is 1.61. The van der Waals surface area contributed by atoms with E-state index in [1.807, 2.05) is 30.3 Å². The van der Waals surface area contributed by atoms with Gasteiger partial charge in [0.05, 0.1) is 6.21 Å². The molecular formula is C15H13IN2O2. The molecule has 0 spiro atoms. The first-order chi connectivity index (χ1) is 9.66. The summed E-state index contributed by atoms with van der Waals surface area (Å²) in [5.74, 6) is -0.557. The Balaban J connectivity index is 1.95. The van der Waals surface area contributed by atoms with Gasteiger partial charge in [-0.2, -0.15) is 5.10 Å². The fraction of sp³-hybridized carbons (Fsp3) is 0.0667. The topological polar surface area (TPSA) is 61.7 Å². The molecule has 0 unspecified atom stereocenters. The molecule has 2 aromatic rings. The molecule has 0 heterocycles. The van der Waals surface area contributed by atoms with Crippen LogP contribution in [0, 0.1) is 3.57 Å². The zero-order chi connectivity index (χ0) is 14.4. The maximum atomic E-state index is 11.7. The van der Waals surface area contributed by atoms with Crippen molar-refractivity contribution < 1.29 is 9.90 Å². The summed E-state index contributed by atoms with van der Waals surface area (Å²) in [6.07, 6.45) is 0.321. The molecule has 0 fully saturated rings. The van der Waals surface area contributed by atoms with Crippen molar-refractivity contribution in [3.8, 4) is 0 Å². The van der Waals surface area contributed by atoms with Crippen molar-refractivity contribution in [1.29, 1.82) is 0 Å². The van der Waals surface area contributed by atoms with E-state index in [9.17, 15) is 9.90 Å². The quantitative estimate of drug-likeness (QED) is 0.487. The summed E-state index contributed by atoms with van der Waals surface area (Å²) in [5, 5.41) is 13.7. The molecule has 0 saturated heterocycles. The first-order valence-corrected chi connectivity index (χ1v) is 7.06. The molecular weight excluding hydrogens is 367 g/mol. The molecule has 0 radical (unpaired) electrons. The number of rotatable bonds is 4. The van der Waals surface area contributed by atoms with E-state index in [4.69, 9.17) is 0 Å². The van der Waals surface area contributed by atoms with Gasteiger partial charge in [-0.05, 0) is 45.9 Å². The van der Waals surface area contributed by atoms with Crippen LogP contribution in [-0.4, -0.2) is 17.2 Å². The van der Waals surface area contributed by atoms with Crippen molar-refractivity contribution in [1.82, 2.24) is 5.43 Å². The highest BCUT2D eigenvalue weighted by atomic mass is 127. The van der Waals surface area contributed by atoms with Gasteiger partial charge in [0.2, 0.25) is 0 Å². The summed E-state index contributed by atoms with van der Waals surface area (Å²) in [4.78, 5) is 11.7. The van der Waals surface area contributed by atoms with E-state index in [2.05, 4.69) is 33.1 Å². The maximum Gasteiger partial charge on any atom is 0.273 e. The predicted octanol–water partition coefficient (Wildman–Crippen LogP) is 2.47. The average molecular weight is 380 g/mol. The number of carbonyl (C=O) groups is 1. The molecule has 2 N–H and O–H groups in total. The number of aliphatic hydroxyl groups excluding tert-OH is 1. The fourth-order valence-corrected chi connectivity index (χ4v) is 2.17. The van der Waals surface area contributed by atoms with Gasteiger partial charge in [0.15, 0.2) is 6.10 Å². The molecule has 2 rings (SSSR count). The number of carbonyl (C=O) groups excluding carboxylic acids is 1. The number of hydrazone groups is 1. The highest BCUT2D eigenvalue weighted by Gasteiger charge is 2.15. The normalized spacial score (nSPS) is 12.3. The number of amides is 1. The lowest BCUT2D eigenvalue weighted by atomic mass is 10.1. The Morgan fingerprint density at radius 3 is 2.65 bits per heavy atom. The number of hydrogen-bond acceptors (Lipinski definition) is 3. The number of aliphatic hydroxyl groups is 1. The second-order valence-corrected chi connectivity index (χ2v) is 5.35. The number of halogens is 1. The minimum absolute atomic E-state index is 0.537. The molecule has 102 valence electrons. The SMILES string of the molecule is O=C(N/N=C\c1cccc(I)c1)[C@H](O)c1ccccc1. The molecule has 0 saturated carbocycles. The van der Waals surface area contributed by atoms with Gasteiger partial charge in [-0.15, -0.1) is 0 Å². The van der Waals surface area contributed by atoms with Crippen LogP contribution in [-0.2, 0) is 4.79 Å². The first kappa shape index (κ1) is 14.7. The van der Waals surface area contributed by atoms with Crippen LogP contribution in [0.25, 0.3) is 0 Å². The van der Waals surface area contributed by atoms with E-state index in [1.165, 1.54) is 6.21 Å². The number of hydrogen-bond donors (Lipinski definition) is 2. The van der Waals surface area contributed by atoms with Crippen molar-refractivity contribution in [2.75, 3.05) is 0 Å². The first-order valence-electron chi connectivity index (χ1n) is 5.98. The largest absolute Gasteiger partial charge is 0.378 e. The number of benzene rings is 2. The Bertz CT molecular complexity index is 614. The molecule has 20 heavy (non-hydrogen) atoms. The number of nitrogens with one attached hydrogen (secondary N) is 1. The predicted molar refractivity (Wildman–Crippen MR) is 86.3 cm³/mol. The molecule has 5 heteroatoms. The van der Waals surface area contributed by atoms with Crippen molar-refractivity contribution >= 4 is 34.7 Å². The summed E-state index contributed by atoms with van der Waals surface area (Å²) >= 11 is 2.20. The van der Waals surface area contributed by atoms with Crippen LogP contribution in [0.4, 0.5) is 0 Å². The van der Waals surface area contributed by atoms with Gasteiger partial charge in [-0.1, -0.05) is 42.5 Å². The third-order valence-electron chi connectivity index (χ3n) is 2.60. The second-order valence-electron chi connectivity index (χ2n) is 4.10. The van der Waals surface area contributed by atoms with E-state index < -0.39 is 12.0 Å². The lowest BCUT2D eigenvalue weighted by Crippen LogP contribution is -2.25. The summed E-state index contributed by atoms with van der Waals surface area (Å²) < 4.78 is 1.09. The van der Waals surface area contributed by atoms with Gasteiger partial charge in [0.25, 0.3) is 5.91 Å². The van der Waals surface area contributed by atoms with E-state index in [1.54, 1.807) is 24.3 Å². The smallest absolute Gasteiger partial charge is 0.273 e. The lowest BCUT2D eigenvalue weighted by Gasteiger charge is -2.08. The molecule has 0 bridgehead atoms. The third kappa shape index (κ3) is 4.14. The van der Waals surface area contributed by atoms with Crippen molar-refractivity contribution in [2.45, 2.75) is 6.10 Å². The third-order valence-corrected chi connectivity index (χ3v) is 3.27. The van der Waals surface area contributed by atoms with Gasteiger partial charge >= 0.3 is 0 Å². The maximum absolute atomic E-state index is 11.7. The number of nitrogens with zero attached hydrogens (tertiary/aromatic N) is 1. The Morgan fingerprint density at radius 2 is 1.95 bits per heavy atom. The van der Waals surface area contributed by atoms with E-state index in [0.29, 0.717) is 5.56 Å². The molecule has 0 aromatic heterocycles. The molecule has 0 aliphatic rings. The van der Waals surface area contributed by atoms with E-state index in [0.717, 1.165) is 9.13 Å². The van der Waals surface area contributed by atoms with Crippen LogP contribution in [0.2, 0.25) is 0 Å². The van der Waals surface area contributed by atoms with Gasteiger partial charge in [-0.3, -0.25) is 4.79 Å². The zero-order valence-corrected chi connectivity index (χ0v) is 12.7. The molecule has 1 atom stereocenters. The zero-order valence-electron chi connectivity index (χ0n) is 10.5. The Morgan fingerprint density at radius 1 is 1.20 bits per heavy atom. The van der Waals surface area contributed by atoms with Crippen molar-refractivity contribution in [2.24, 2.45) is 5.10 Å². The van der Waals surface area contributed by atoms with Gasteiger partial charge in [-0.25, -0.2) is 5.43 Å². The van der Waals surface area contributed by atoms with Crippen molar-refractivity contribution in [3.63, 3.8) is 0 Å². The summed E-state index contributed by atoms with van der Waals surface area (Å²) in [5.41, 5.74) is 3.74. The van der Waals surface area contributed by atoms with Crippen LogP contribution in [0.15, 0.2) is 59.7 Å². The van der Waals surface area contributed by atoms with Gasteiger partial charge in [0, 0.05) is 3.57 Å². The van der Waals surface area contributed by atoms with E-state index >= 15 is 0 Å². The van der Waals surface area contributed by atoms with Gasteiger partial charge < -0.3 is 5.11 Å². The van der Waals surface area contributed by atoms with Crippen LogP contribution in [0.3, 0.4) is 0 Å². The standard InChI is InChI=1S/C15H13IN2O2/c16-13-8-4-5-11(9-13)10-17-18-15(20)14(19)12-6-2-1-3-7-12/h1-10,14,19H,(H,18,20)/b17-10-/t14-/m1/s1. The summed E-state index contributed by atoms with van der Waals surface area (Å²) in [7, 11) is 0. The molecule has 2 aromatic carbocycles. The van der Waals surface area contributed by atoms with Crippen LogP contribution < -0.4 is 5.43 Å². The van der Waals surface area contributed by atoms with Crippen molar-refractivity contribution in [3.05, 3.63) is 69.3 Å². The molecule has 0 aliphatic carbocycles. The Kier molecular flexibility index (Phi) is 5.25. The summed E-state index contributed by atoms with van der Waals surface area (Å²) in [6.45, 7) is 0. The minimum atomic E-state index is -1.22. The molecule has 1 amide bonds. The van der Waals surface area contributed by atoms with E-state index in [-0.39, 0.29) is 0 Å². The van der Waals surface area contributed by atoms with Crippen LogP contribution >= 0.6 is 22.6 Å². The highest BCUT2D eigenvalue weighted by Crippen LogP contribution is 2.11. The average Bonchev–Trinajstić information content (AvgIpc) is 2.47. The van der Waals surface area contributed by atoms with Gasteiger partial charge in [0.1, 0.15) is 0 Å².